The summed E-state index contributed by atoms with van der Waals surface area (Å²) in [7, 11) is 1.80. The van der Waals surface area contributed by atoms with Crippen LogP contribution in [-0.4, -0.2) is 20.9 Å². The zero-order chi connectivity index (χ0) is 9.59. The molecule has 0 saturated heterocycles. The predicted octanol–water partition coefficient (Wildman–Crippen LogP) is 1.24. The second-order valence-electron chi connectivity index (χ2n) is 3.69. The summed E-state index contributed by atoms with van der Waals surface area (Å²) in [6.45, 7) is 2.13. The van der Waals surface area contributed by atoms with Crippen molar-refractivity contribution in [3.63, 3.8) is 0 Å². The van der Waals surface area contributed by atoms with Crippen LogP contribution in [0.15, 0.2) is 6.20 Å². The van der Waals surface area contributed by atoms with E-state index in [1.165, 1.54) is 6.20 Å². The molecule has 2 rings (SSSR count). The minimum atomic E-state index is -0.873. The summed E-state index contributed by atoms with van der Waals surface area (Å²) >= 11 is 0. The molecule has 1 saturated carbocycles. The van der Waals surface area contributed by atoms with Gasteiger partial charge in [0.25, 0.3) is 0 Å². The minimum absolute atomic E-state index is 0.358. The zero-order valence-corrected chi connectivity index (χ0v) is 7.69. The largest absolute Gasteiger partial charge is 0.478 e. The van der Waals surface area contributed by atoms with Crippen LogP contribution in [-0.2, 0) is 7.05 Å². The van der Waals surface area contributed by atoms with Gasteiger partial charge in [0.1, 0.15) is 5.56 Å². The molecule has 2 atom stereocenters. The summed E-state index contributed by atoms with van der Waals surface area (Å²) in [4.78, 5) is 10.8. The lowest BCUT2D eigenvalue weighted by Gasteiger charge is -2.00. The van der Waals surface area contributed by atoms with Crippen molar-refractivity contribution in [2.24, 2.45) is 13.0 Å². The van der Waals surface area contributed by atoms with Gasteiger partial charge in [0, 0.05) is 13.0 Å². The van der Waals surface area contributed by atoms with Crippen LogP contribution in [0.4, 0.5) is 0 Å². The van der Waals surface area contributed by atoms with E-state index in [-0.39, 0.29) is 0 Å². The number of nitrogens with zero attached hydrogens (tertiary/aromatic N) is 2. The van der Waals surface area contributed by atoms with Gasteiger partial charge in [-0.3, -0.25) is 4.68 Å². The molecule has 1 aromatic heterocycles. The Bertz CT molecular complexity index is 356. The SMILES string of the molecule is CC1CC1c1c(C(=O)O)cnn1C. The quantitative estimate of drug-likeness (QED) is 0.745. The van der Waals surface area contributed by atoms with Crippen LogP contribution >= 0.6 is 0 Å². The van der Waals surface area contributed by atoms with Gasteiger partial charge in [-0.25, -0.2) is 4.79 Å². The van der Waals surface area contributed by atoms with Crippen molar-refractivity contribution in [1.82, 2.24) is 9.78 Å². The van der Waals surface area contributed by atoms with Crippen molar-refractivity contribution in [3.8, 4) is 0 Å². The molecule has 0 aliphatic heterocycles. The van der Waals surface area contributed by atoms with Gasteiger partial charge in [0.2, 0.25) is 0 Å². The fourth-order valence-electron chi connectivity index (χ4n) is 1.75. The summed E-state index contributed by atoms with van der Waals surface area (Å²) in [6, 6.07) is 0. The van der Waals surface area contributed by atoms with Crippen LogP contribution in [0.3, 0.4) is 0 Å². The standard InChI is InChI=1S/C9H12N2O2/c1-5-3-6(5)8-7(9(12)13)4-10-11(8)2/h4-6H,3H2,1-2H3,(H,12,13). The molecule has 1 fully saturated rings. The molecule has 0 bridgehead atoms. The summed E-state index contributed by atoms with van der Waals surface area (Å²) in [5.41, 5.74) is 1.23. The normalized spacial score (nSPS) is 26.0. The van der Waals surface area contributed by atoms with E-state index in [0.29, 0.717) is 17.4 Å². The highest BCUT2D eigenvalue weighted by Gasteiger charge is 2.39. The van der Waals surface area contributed by atoms with Crippen LogP contribution in [0, 0.1) is 5.92 Å². The molecule has 1 aliphatic carbocycles. The Kier molecular flexibility index (Phi) is 1.65. The molecule has 70 valence electrons. The molecule has 1 aliphatic rings. The third-order valence-corrected chi connectivity index (χ3v) is 2.68. The predicted molar refractivity (Wildman–Crippen MR) is 46.7 cm³/mol. The molecule has 0 aromatic carbocycles. The van der Waals surface area contributed by atoms with E-state index in [4.69, 9.17) is 5.11 Å². The van der Waals surface area contributed by atoms with E-state index < -0.39 is 5.97 Å². The second-order valence-corrected chi connectivity index (χ2v) is 3.69. The van der Waals surface area contributed by atoms with E-state index in [0.717, 1.165) is 12.1 Å². The number of hydrogen-bond acceptors (Lipinski definition) is 2. The van der Waals surface area contributed by atoms with E-state index in [1.54, 1.807) is 11.7 Å². The van der Waals surface area contributed by atoms with Crippen molar-refractivity contribution in [1.29, 1.82) is 0 Å². The Morgan fingerprint density at radius 3 is 2.85 bits per heavy atom. The number of aromatic nitrogens is 2. The van der Waals surface area contributed by atoms with Gasteiger partial charge in [0.05, 0.1) is 11.9 Å². The van der Waals surface area contributed by atoms with Gasteiger partial charge in [0.15, 0.2) is 0 Å². The van der Waals surface area contributed by atoms with E-state index in [1.807, 2.05) is 0 Å². The Morgan fingerprint density at radius 1 is 1.77 bits per heavy atom. The number of rotatable bonds is 2. The van der Waals surface area contributed by atoms with Gasteiger partial charge in [-0.1, -0.05) is 6.92 Å². The van der Waals surface area contributed by atoms with Crippen LogP contribution in [0.25, 0.3) is 0 Å². The highest BCUT2D eigenvalue weighted by molar-refractivity contribution is 5.89. The number of aromatic carboxylic acids is 1. The third kappa shape index (κ3) is 1.22. The summed E-state index contributed by atoms with van der Waals surface area (Å²) in [5.74, 6) is 0.134. The third-order valence-electron chi connectivity index (χ3n) is 2.68. The molecule has 13 heavy (non-hydrogen) atoms. The topological polar surface area (TPSA) is 55.1 Å². The van der Waals surface area contributed by atoms with E-state index in [9.17, 15) is 4.79 Å². The molecule has 1 heterocycles. The van der Waals surface area contributed by atoms with Crippen LogP contribution in [0.2, 0.25) is 0 Å². The van der Waals surface area contributed by atoms with E-state index >= 15 is 0 Å². The molecule has 4 heteroatoms. The first kappa shape index (κ1) is 8.29. The Morgan fingerprint density at radius 2 is 2.38 bits per heavy atom. The highest BCUT2D eigenvalue weighted by atomic mass is 16.4. The Hall–Kier alpha value is -1.32. The van der Waals surface area contributed by atoms with Crippen LogP contribution < -0.4 is 0 Å². The van der Waals surface area contributed by atoms with Gasteiger partial charge < -0.3 is 5.11 Å². The fourth-order valence-corrected chi connectivity index (χ4v) is 1.75. The van der Waals surface area contributed by atoms with Gasteiger partial charge in [-0.2, -0.15) is 5.10 Å². The average Bonchev–Trinajstić information content (AvgIpc) is 2.60. The number of carboxylic acid groups (broad SMARTS) is 1. The molecular weight excluding hydrogens is 168 g/mol. The fraction of sp³-hybridized carbons (Fsp3) is 0.556. The first-order chi connectivity index (χ1) is 6.11. The van der Waals surface area contributed by atoms with Crippen molar-refractivity contribution in [2.75, 3.05) is 0 Å². The van der Waals surface area contributed by atoms with Gasteiger partial charge in [-0.05, 0) is 12.3 Å². The molecule has 0 amide bonds. The number of carboxylic acids is 1. The Balaban J connectivity index is 2.41. The highest BCUT2D eigenvalue weighted by Crippen LogP contribution is 2.47. The maximum absolute atomic E-state index is 10.8. The second kappa shape index (κ2) is 2.58. The first-order valence-electron chi connectivity index (χ1n) is 4.36. The number of hydrogen-bond donors (Lipinski definition) is 1. The minimum Gasteiger partial charge on any atom is -0.478 e. The lowest BCUT2D eigenvalue weighted by molar-refractivity contribution is 0.0695. The van der Waals surface area contributed by atoms with Crippen LogP contribution in [0.5, 0.6) is 0 Å². The zero-order valence-electron chi connectivity index (χ0n) is 7.69. The smallest absolute Gasteiger partial charge is 0.339 e. The van der Waals surface area contributed by atoms with Gasteiger partial charge in [-0.15, -0.1) is 0 Å². The van der Waals surface area contributed by atoms with Crippen molar-refractivity contribution >= 4 is 5.97 Å². The molecule has 1 N–H and O–H groups in total. The first-order valence-corrected chi connectivity index (χ1v) is 4.36. The maximum Gasteiger partial charge on any atom is 0.339 e. The van der Waals surface area contributed by atoms with Gasteiger partial charge >= 0.3 is 5.97 Å². The molecule has 0 radical (unpaired) electrons. The van der Waals surface area contributed by atoms with Crippen molar-refractivity contribution < 1.29 is 9.90 Å². The summed E-state index contributed by atoms with van der Waals surface area (Å²) < 4.78 is 1.68. The summed E-state index contributed by atoms with van der Waals surface area (Å²) in [5, 5.41) is 12.9. The van der Waals surface area contributed by atoms with E-state index in [2.05, 4.69) is 12.0 Å². The Labute approximate surface area is 76.2 Å². The lowest BCUT2D eigenvalue weighted by Crippen LogP contribution is -2.03. The van der Waals surface area contributed by atoms with Crippen molar-refractivity contribution in [3.05, 3.63) is 17.5 Å². The average molecular weight is 180 g/mol. The van der Waals surface area contributed by atoms with Crippen LogP contribution in [0.1, 0.15) is 35.3 Å². The molecule has 4 nitrogen and oxygen atoms in total. The monoisotopic (exact) mass is 180 g/mol. The molecule has 0 spiro atoms. The number of carbonyl (C=O) groups is 1. The van der Waals surface area contributed by atoms with Crippen molar-refractivity contribution in [2.45, 2.75) is 19.3 Å². The molecule has 2 unspecified atom stereocenters. The summed E-state index contributed by atoms with van der Waals surface area (Å²) in [6.07, 6.45) is 2.52. The molecule has 1 aromatic rings. The number of aryl methyl sites for hydroxylation is 1. The molecular formula is C9H12N2O2. The lowest BCUT2D eigenvalue weighted by atomic mass is 10.1. The maximum atomic E-state index is 10.8.